The van der Waals surface area contributed by atoms with Crippen molar-refractivity contribution in [3.63, 3.8) is 0 Å². The minimum absolute atomic E-state index is 0.0427. The van der Waals surface area contributed by atoms with E-state index in [0.717, 1.165) is 18.2 Å². The second-order valence-corrected chi connectivity index (χ2v) is 7.28. The quantitative estimate of drug-likeness (QED) is 0.716. The van der Waals surface area contributed by atoms with Crippen molar-refractivity contribution in [1.29, 1.82) is 0 Å². The molecule has 0 spiro atoms. The zero-order chi connectivity index (χ0) is 16.0. The van der Waals surface area contributed by atoms with Crippen LogP contribution in [-0.2, 0) is 26.0 Å². The molecule has 1 aromatic rings. The second kappa shape index (κ2) is 7.66. The monoisotopic (exact) mass is 327 g/mol. The number of carbonyl (C=O) groups is 1. The van der Waals surface area contributed by atoms with Crippen molar-refractivity contribution >= 4 is 15.9 Å². The standard InChI is InChI=1S/C14H21N3O4S/c1-22(19,20)16-7-4-14(18)17-13-10-21-9-12(13)8-11-2-5-15-6-3-11/h2-3,5-6,12-13,16H,4,7-10H2,1H3,(H,17,18)/t12-,13+/m1/s1. The number of hydrogen-bond acceptors (Lipinski definition) is 5. The van der Waals surface area contributed by atoms with E-state index in [1.54, 1.807) is 12.4 Å². The molecular formula is C14H21N3O4S. The minimum Gasteiger partial charge on any atom is -0.379 e. The van der Waals surface area contributed by atoms with E-state index in [9.17, 15) is 13.2 Å². The highest BCUT2D eigenvalue weighted by atomic mass is 32.2. The molecular weight excluding hydrogens is 306 g/mol. The van der Waals surface area contributed by atoms with Gasteiger partial charge in [-0.3, -0.25) is 9.78 Å². The van der Waals surface area contributed by atoms with Gasteiger partial charge in [0, 0.05) is 31.3 Å². The summed E-state index contributed by atoms with van der Waals surface area (Å²) in [6, 6.07) is 3.86. The Bertz CT molecular complexity index is 591. The third kappa shape index (κ3) is 5.70. The first kappa shape index (κ1) is 16.9. The molecule has 1 saturated heterocycles. The van der Waals surface area contributed by atoms with Crippen molar-refractivity contribution < 1.29 is 17.9 Å². The van der Waals surface area contributed by atoms with Crippen LogP contribution in [-0.4, -0.2) is 51.4 Å². The number of aromatic nitrogens is 1. The molecule has 2 N–H and O–H groups in total. The summed E-state index contributed by atoms with van der Waals surface area (Å²) in [5.74, 6) is 0.0422. The molecule has 8 heteroatoms. The molecule has 2 rings (SSSR count). The fourth-order valence-corrected chi connectivity index (χ4v) is 2.88. The van der Waals surface area contributed by atoms with Crippen LogP contribution in [0.25, 0.3) is 0 Å². The van der Waals surface area contributed by atoms with Gasteiger partial charge in [-0.2, -0.15) is 0 Å². The van der Waals surface area contributed by atoms with Crippen LogP contribution in [0.1, 0.15) is 12.0 Å². The molecule has 122 valence electrons. The molecule has 0 radical (unpaired) electrons. The maximum Gasteiger partial charge on any atom is 0.221 e. The Kier molecular flexibility index (Phi) is 5.87. The van der Waals surface area contributed by atoms with Crippen LogP contribution in [0.5, 0.6) is 0 Å². The molecule has 0 unspecified atom stereocenters. The van der Waals surface area contributed by atoms with Gasteiger partial charge in [0.05, 0.1) is 25.5 Å². The number of hydrogen-bond donors (Lipinski definition) is 2. The minimum atomic E-state index is -3.26. The van der Waals surface area contributed by atoms with Crippen LogP contribution in [0, 0.1) is 5.92 Å². The van der Waals surface area contributed by atoms with E-state index < -0.39 is 10.0 Å². The van der Waals surface area contributed by atoms with Gasteiger partial charge in [0.25, 0.3) is 0 Å². The molecule has 0 aliphatic carbocycles. The van der Waals surface area contributed by atoms with Gasteiger partial charge < -0.3 is 10.1 Å². The van der Waals surface area contributed by atoms with E-state index in [1.807, 2.05) is 12.1 Å². The van der Waals surface area contributed by atoms with Crippen LogP contribution in [0.3, 0.4) is 0 Å². The molecule has 2 atom stereocenters. The van der Waals surface area contributed by atoms with Crippen LogP contribution in [0.4, 0.5) is 0 Å². The smallest absolute Gasteiger partial charge is 0.221 e. The molecule has 1 aromatic heterocycles. The van der Waals surface area contributed by atoms with Gasteiger partial charge in [-0.25, -0.2) is 13.1 Å². The molecule has 7 nitrogen and oxygen atoms in total. The highest BCUT2D eigenvalue weighted by molar-refractivity contribution is 7.88. The summed E-state index contributed by atoms with van der Waals surface area (Å²) in [5, 5.41) is 2.92. The predicted molar refractivity (Wildman–Crippen MR) is 81.6 cm³/mol. The van der Waals surface area contributed by atoms with Crippen LogP contribution >= 0.6 is 0 Å². The lowest BCUT2D eigenvalue weighted by atomic mass is 9.95. The summed E-state index contributed by atoms with van der Waals surface area (Å²) in [7, 11) is -3.26. The first-order valence-electron chi connectivity index (χ1n) is 7.15. The average Bonchev–Trinajstić information content (AvgIpc) is 2.85. The third-order valence-electron chi connectivity index (χ3n) is 3.51. The topological polar surface area (TPSA) is 97.4 Å². The van der Waals surface area contributed by atoms with Crippen molar-refractivity contribution in [3.05, 3.63) is 30.1 Å². The lowest BCUT2D eigenvalue weighted by Crippen LogP contribution is -2.41. The van der Waals surface area contributed by atoms with Crippen molar-refractivity contribution in [3.8, 4) is 0 Å². The highest BCUT2D eigenvalue weighted by Crippen LogP contribution is 2.19. The van der Waals surface area contributed by atoms with Gasteiger partial charge in [-0.1, -0.05) is 0 Å². The molecule has 1 aliphatic heterocycles. The molecule has 2 heterocycles. The van der Waals surface area contributed by atoms with Crippen LogP contribution in [0.15, 0.2) is 24.5 Å². The number of carbonyl (C=O) groups excluding carboxylic acids is 1. The molecule has 1 amide bonds. The number of nitrogens with zero attached hydrogens (tertiary/aromatic N) is 1. The number of amides is 1. The van der Waals surface area contributed by atoms with Gasteiger partial charge in [0.1, 0.15) is 0 Å². The van der Waals surface area contributed by atoms with Gasteiger partial charge in [0.15, 0.2) is 0 Å². The number of rotatable bonds is 7. The van der Waals surface area contributed by atoms with Crippen LogP contribution in [0.2, 0.25) is 0 Å². The van der Waals surface area contributed by atoms with Gasteiger partial charge in [-0.05, 0) is 24.1 Å². The van der Waals surface area contributed by atoms with Crippen molar-refractivity contribution in [2.24, 2.45) is 5.92 Å². The lowest BCUT2D eigenvalue weighted by molar-refractivity contribution is -0.121. The Morgan fingerprint density at radius 2 is 2.09 bits per heavy atom. The van der Waals surface area contributed by atoms with Gasteiger partial charge in [-0.15, -0.1) is 0 Å². The van der Waals surface area contributed by atoms with E-state index in [-0.39, 0.29) is 30.8 Å². The number of ether oxygens (including phenoxy) is 1. The summed E-state index contributed by atoms with van der Waals surface area (Å²) in [5.41, 5.74) is 1.16. The summed E-state index contributed by atoms with van der Waals surface area (Å²) in [6.07, 6.45) is 5.49. The van der Waals surface area contributed by atoms with Crippen molar-refractivity contribution in [2.75, 3.05) is 26.0 Å². The molecule has 0 aromatic carbocycles. The van der Waals surface area contributed by atoms with E-state index in [4.69, 9.17) is 4.74 Å². The molecule has 22 heavy (non-hydrogen) atoms. The first-order valence-corrected chi connectivity index (χ1v) is 9.04. The summed E-state index contributed by atoms with van der Waals surface area (Å²) >= 11 is 0. The first-order chi connectivity index (χ1) is 10.4. The lowest BCUT2D eigenvalue weighted by Gasteiger charge is -2.19. The average molecular weight is 327 g/mol. The normalized spacial score (nSPS) is 21.7. The largest absolute Gasteiger partial charge is 0.379 e. The summed E-state index contributed by atoms with van der Waals surface area (Å²) in [4.78, 5) is 15.9. The zero-order valence-electron chi connectivity index (χ0n) is 12.5. The fraction of sp³-hybridized carbons (Fsp3) is 0.571. The summed E-state index contributed by atoms with van der Waals surface area (Å²) in [6.45, 7) is 1.20. The summed E-state index contributed by atoms with van der Waals surface area (Å²) < 4.78 is 29.7. The van der Waals surface area contributed by atoms with E-state index >= 15 is 0 Å². The molecule has 0 saturated carbocycles. The van der Waals surface area contributed by atoms with Crippen molar-refractivity contribution in [1.82, 2.24) is 15.0 Å². The molecule has 0 bridgehead atoms. The Balaban J connectivity index is 1.79. The number of pyridine rings is 1. The molecule has 1 fully saturated rings. The van der Waals surface area contributed by atoms with E-state index in [0.29, 0.717) is 13.2 Å². The zero-order valence-corrected chi connectivity index (χ0v) is 13.3. The highest BCUT2D eigenvalue weighted by Gasteiger charge is 2.29. The van der Waals surface area contributed by atoms with E-state index in [2.05, 4.69) is 15.0 Å². The fourth-order valence-electron chi connectivity index (χ4n) is 2.41. The third-order valence-corrected chi connectivity index (χ3v) is 4.24. The van der Waals surface area contributed by atoms with Gasteiger partial charge >= 0.3 is 0 Å². The maximum atomic E-state index is 11.9. The Morgan fingerprint density at radius 3 is 2.77 bits per heavy atom. The van der Waals surface area contributed by atoms with E-state index in [1.165, 1.54) is 0 Å². The second-order valence-electron chi connectivity index (χ2n) is 5.45. The van der Waals surface area contributed by atoms with Gasteiger partial charge in [0.2, 0.25) is 15.9 Å². The number of sulfonamides is 1. The predicted octanol–water partition coefficient (Wildman–Crippen LogP) is -0.305. The maximum absolute atomic E-state index is 11.9. The van der Waals surface area contributed by atoms with Crippen LogP contribution < -0.4 is 10.0 Å². The number of nitrogens with one attached hydrogen (secondary N) is 2. The Hall–Kier alpha value is -1.51. The molecule has 1 aliphatic rings. The van der Waals surface area contributed by atoms with Crippen molar-refractivity contribution in [2.45, 2.75) is 18.9 Å². The Morgan fingerprint density at radius 1 is 1.36 bits per heavy atom. The SMILES string of the molecule is CS(=O)(=O)NCCC(=O)N[C@H]1COC[C@H]1Cc1ccncc1. The Labute approximate surface area is 130 Å².